The van der Waals surface area contributed by atoms with Gasteiger partial charge in [-0.15, -0.1) is 0 Å². The van der Waals surface area contributed by atoms with Crippen LogP contribution in [0.4, 0.5) is 10.8 Å². The Morgan fingerprint density at radius 2 is 2.32 bits per heavy atom. The van der Waals surface area contributed by atoms with E-state index in [1.165, 1.54) is 30.8 Å². The van der Waals surface area contributed by atoms with Crippen LogP contribution in [0, 0.1) is 5.92 Å². The summed E-state index contributed by atoms with van der Waals surface area (Å²) in [7, 11) is 0. The molecular formula is C13H20N4OS. The van der Waals surface area contributed by atoms with Crippen LogP contribution in [-0.2, 0) is 0 Å². The second-order valence-electron chi connectivity index (χ2n) is 5.55. The molecule has 104 valence electrons. The van der Waals surface area contributed by atoms with Gasteiger partial charge in [-0.25, -0.2) is 0 Å². The van der Waals surface area contributed by atoms with Gasteiger partial charge >= 0.3 is 0 Å². The summed E-state index contributed by atoms with van der Waals surface area (Å²) in [6.07, 6.45) is 5.80. The summed E-state index contributed by atoms with van der Waals surface area (Å²) in [5, 5.41) is 7.24. The highest BCUT2D eigenvalue weighted by Crippen LogP contribution is 2.39. The minimum absolute atomic E-state index is 0.0797. The lowest BCUT2D eigenvalue weighted by Crippen LogP contribution is -2.26. The maximum atomic E-state index is 12.1. The van der Waals surface area contributed by atoms with Crippen LogP contribution in [0.5, 0.6) is 0 Å². The lowest BCUT2D eigenvalue weighted by molar-refractivity contribution is 0.0953. The third kappa shape index (κ3) is 2.83. The lowest BCUT2D eigenvalue weighted by atomic mass is 10.2. The normalized spacial score (nSPS) is 25.1. The Hall–Kier alpha value is -1.30. The quantitative estimate of drug-likeness (QED) is 0.746. The van der Waals surface area contributed by atoms with Gasteiger partial charge in [0.15, 0.2) is 5.82 Å². The molecule has 2 aliphatic carbocycles. The molecular weight excluding hydrogens is 260 g/mol. The second-order valence-corrected chi connectivity index (χ2v) is 6.33. The van der Waals surface area contributed by atoms with Crippen molar-refractivity contribution in [2.45, 2.75) is 51.1 Å². The Labute approximate surface area is 117 Å². The molecule has 2 saturated carbocycles. The molecule has 4 N–H and O–H groups in total. The molecule has 1 amide bonds. The molecule has 0 radical (unpaired) electrons. The number of amides is 1. The first-order chi connectivity index (χ1) is 9.19. The highest BCUT2D eigenvalue weighted by Gasteiger charge is 2.37. The SMILES string of the molecule is CCCC1CC1Nc1snc(N)c1C(=O)NC1CC1. The second kappa shape index (κ2) is 5.00. The van der Waals surface area contributed by atoms with Crippen LogP contribution in [0.25, 0.3) is 0 Å². The Morgan fingerprint density at radius 3 is 3.00 bits per heavy atom. The molecule has 3 rings (SSSR count). The van der Waals surface area contributed by atoms with E-state index < -0.39 is 0 Å². The molecule has 0 bridgehead atoms. The van der Waals surface area contributed by atoms with E-state index >= 15 is 0 Å². The van der Waals surface area contributed by atoms with E-state index in [1.807, 2.05) is 0 Å². The van der Waals surface area contributed by atoms with Crippen LogP contribution < -0.4 is 16.4 Å². The summed E-state index contributed by atoms with van der Waals surface area (Å²) in [5.41, 5.74) is 6.37. The Balaban J connectivity index is 1.66. The average Bonchev–Trinajstić information content (AvgIpc) is 3.25. The highest BCUT2D eigenvalue weighted by atomic mass is 32.1. The van der Waals surface area contributed by atoms with E-state index in [4.69, 9.17) is 5.73 Å². The van der Waals surface area contributed by atoms with Crippen LogP contribution >= 0.6 is 11.5 Å². The van der Waals surface area contributed by atoms with E-state index in [0.717, 1.165) is 23.8 Å². The summed E-state index contributed by atoms with van der Waals surface area (Å²) < 4.78 is 4.11. The largest absolute Gasteiger partial charge is 0.382 e. The number of nitrogen functional groups attached to an aromatic ring is 1. The van der Waals surface area contributed by atoms with E-state index in [-0.39, 0.29) is 5.91 Å². The number of rotatable bonds is 6. The predicted octanol–water partition coefficient (Wildman–Crippen LogP) is 2.22. The van der Waals surface area contributed by atoms with Crippen molar-refractivity contribution in [1.82, 2.24) is 9.69 Å². The zero-order valence-electron chi connectivity index (χ0n) is 11.1. The number of hydrogen-bond acceptors (Lipinski definition) is 5. The molecule has 0 aliphatic heterocycles. The van der Waals surface area contributed by atoms with Crippen molar-refractivity contribution in [3.8, 4) is 0 Å². The van der Waals surface area contributed by atoms with Crippen LogP contribution in [0.15, 0.2) is 0 Å². The maximum absolute atomic E-state index is 12.1. The Morgan fingerprint density at radius 1 is 1.53 bits per heavy atom. The molecule has 5 nitrogen and oxygen atoms in total. The fourth-order valence-electron chi connectivity index (χ4n) is 2.39. The third-order valence-corrected chi connectivity index (χ3v) is 4.55. The Bertz CT molecular complexity index is 483. The zero-order chi connectivity index (χ0) is 13.4. The minimum atomic E-state index is -0.0797. The van der Waals surface area contributed by atoms with E-state index in [1.54, 1.807) is 0 Å². The third-order valence-electron chi connectivity index (χ3n) is 3.76. The summed E-state index contributed by atoms with van der Waals surface area (Å²) in [4.78, 5) is 12.1. The molecule has 2 unspecified atom stereocenters. The fourth-order valence-corrected chi connectivity index (χ4v) is 3.16. The molecule has 1 aromatic rings. The van der Waals surface area contributed by atoms with Gasteiger partial charge < -0.3 is 16.4 Å². The molecule has 0 spiro atoms. The van der Waals surface area contributed by atoms with Crippen LogP contribution in [-0.4, -0.2) is 22.4 Å². The van der Waals surface area contributed by atoms with Crippen molar-refractivity contribution in [3.05, 3.63) is 5.56 Å². The average molecular weight is 280 g/mol. The molecule has 19 heavy (non-hydrogen) atoms. The number of nitrogens with two attached hydrogens (primary N) is 1. The molecule has 0 saturated heterocycles. The number of carbonyl (C=O) groups is 1. The van der Waals surface area contributed by atoms with E-state index in [2.05, 4.69) is 21.9 Å². The minimum Gasteiger partial charge on any atom is -0.382 e. The van der Waals surface area contributed by atoms with Gasteiger partial charge in [0.25, 0.3) is 5.91 Å². The number of carbonyl (C=O) groups excluding carboxylic acids is 1. The lowest BCUT2D eigenvalue weighted by Gasteiger charge is -2.07. The zero-order valence-corrected chi connectivity index (χ0v) is 11.9. The molecule has 1 heterocycles. The molecule has 0 aromatic carbocycles. The van der Waals surface area contributed by atoms with Gasteiger partial charge in [-0.1, -0.05) is 13.3 Å². The summed E-state index contributed by atoms with van der Waals surface area (Å²) in [6, 6.07) is 0.834. The molecule has 6 heteroatoms. The van der Waals surface area contributed by atoms with E-state index in [9.17, 15) is 4.79 Å². The van der Waals surface area contributed by atoms with Crippen LogP contribution in [0.2, 0.25) is 0 Å². The van der Waals surface area contributed by atoms with Gasteiger partial charge in [-0.3, -0.25) is 4.79 Å². The molecule has 1 aromatic heterocycles. The van der Waals surface area contributed by atoms with Gasteiger partial charge in [0.2, 0.25) is 0 Å². The summed E-state index contributed by atoms with van der Waals surface area (Å²) in [6.45, 7) is 2.20. The maximum Gasteiger partial charge on any atom is 0.258 e. The van der Waals surface area contributed by atoms with Crippen LogP contribution in [0.3, 0.4) is 0 Å². The first-order valence-corrected chi connectivity index (χ1v) is 7.79. The van der Waals surface area contributed by atoms with Gasteiger partial charge in [-0.05, 0) is 43.1 Å². The van der Waals surface area contributed by atoms with Crippen molar-refractivity contribution in [1.29, 1.82) is 0 Å². The fraction of sp³-hybridized carbons (Fsp3) is 0.692. The number of aromatic nitrogens is 1. The summed E-state index contributed by atoms with van der Waals surface area (Å²) >= 11 is 1.29. The van der Waals surface area contributed by atoms with Gasteiger partial charge in [0.1, 0.15) is 10.6 Å². The predicted molar refractivity (Wildman–Crippen MR) is 77.4 cm³/mol. The highest BCUT2D eigenvalue weighted by molar-refractivity contribution is 7.11. The first kappa shape index (κ1) is 12.7. The van der Waals surface area contributed by atoms with Gasteiger partial charge in [0.05, 0.1) is 0 Å². The Kier molecular flexibility index (Phi) is 3.35. The van der Waals surface area contributed by atoms with Crippen molar-refractivity contribution >= 4 is 28.3 Å². The first-order valence-electron chi connectivity index (χ1n) is 7.01. The number of nitrogens with one attached hydrogen (secondary N) is 2. The van der Waals surface area contributed by atoms with Crippen molar-refractivity contribution in [3.63, 3.8) is 0 Å². The van der Waals surface area contributed by atoms with Crippen molar-refractivity contribution in [2.24, 2.45) is 5.92 Å². The smallest absolute Gasteiger partial charge is 0.258 e. The van der Waals surface area contributed by atoms with Crippen molar-refractivity contribution in [2.75, 3.05) is 11.1 Å². The molecule has 2 aliphatic rings. The topological polar surface area (TPSA) is 80.0 Å². The summed E-state index contributed by atoms with van der Waals surface area (Å²) in [5.74, 6) is 1.01. The number of anilines is 2. The molecule has 2 atom stereocenters. The number of nitrogens with zero attached hydrogens (tertiary/aromatic N) is 1. The van der Waals surface area contributed by atoms with Crippen LogP contribution in [0.1, 0.15) is 49.4 Å². The van der Waals surface area contributed by atoms with Gasteiger partial charge in [0, 0.05) is 12.1 Å². The number of hydrogen-bond donors (Lipinski definition) is 3. The monoisotopic (exact) mass is 280 g/mol. The van der Waals surface area contributed by atoms with Crippen molar-refractivity contribution < 1.29 is 4.79 Å². The standard InChI is InChI=1S/C13H20N4OS/c1-2-3-7-6-9(7)16-13-10(11(14)17-19-13)12(18)15-8-4-5-8/h7-9,16H,2-6H2,1H3,(H2,14,17)(H,15,18). The van der Waals surface area contributed by atoms with E-state index in [0.29, 0.717) is 23.5 Å². The molecule has 2 fully saturated rings. The van der Waals surface area contributed by atoms with Gasteiger partial charge in [-0.2, -0.15) is 4.37 Å².